The lowest BCUT2D eigenvalue weighted by atomic mass is 10.1. The van der Waals surface area contributed by atoms with Gasteiger partial charge in [0.1, 0.15) is 0 Å². The Bertz CT molecular complexity index is 332. The van der Waals surface area contributed by atoms with Crippen molar-refractivity contribution in [1.82, 2.24) is 25.6 Å². The molecule has 1 fully saturated rings. The molecule has 2 heterocycles. The van der Waals surface area contributed by atoms with Crippen LogP contribution in [0.5, 0.6) is 0 Å². The zero-order valence-corrected chi connectivity index (χ0v) is 9.93. The van der Waals surface area contributed by atoms with Gasteiger partial charge in [0, 0.05) is 25.2 Å². The van der Waals surface area contributed by atoms with Gasteiger partial charge >= 0.3 is 0 Å². The quantitative estimate of drug-likeness (QED) is 0.726. The van der Waals surface area contributed by atoms with Crippen molar-refractivity contribution in [3.05, 3.63) is 12.4 Å². The van der Waals surface area contributed by atoms with Crippen molar-refractivity contribution >= 4 is 5.91 Å². The summed E-state index contributed by atoms with van der Waals surface area (Å²) in [6.45, 7) is 2.46. The molecule has 94 valence electrons. The summed E-state index contributed by atoms with van der Waals surface area (Å²) in [5.41, 5.74) is 0. The fraction of sp³-hybridized carbons (Fsp3) is 0.727. The van der Waals surface area contributed by atoms with Gasteiger partial charge in [0.15, 0.2) is 0 Å². The van der Waals surface area contributed by atoms with Crippen molar-refractivity contribution in [1.29, 1.82) is 0 Å². The average Bonchev–Trinajstić information content (AvgIpc) is 2.99. The van der Waals surface area contributed by atoms with Crippen LogP contribution in [0.3, 0.4) is 0 Å². The molecule has 0 spiro atoms. The van der Waals surface area contributed by atoms with E-state index in [9.17, 15) is 4.79 Å². The van der Waals surface area contributed by atoms with Gasteiger partial charge in [-0.1, -0.05) is 5.21 Å². The Balaban J connectivity index is 1.54. The molecule has 0 aromatic carbocycles. The van der Waals surface area contributed by atoms with Gasteiger partial charge in [-0.05, 0) is 25.8 Å². The Morgan fingerprint density at radius 3 is 3.24 bits per heavy atom. The van der Waals surface area contributed by atoms with Crippen molar-refractivity contribution in [2.24, 2.45) is 0 Å². The van der Waals surface area contributed by atoms with Crippen LogP contribution in [0.2, 0.25) is 0 Å². The van der Waals surface area contributed by atoms with Crippen molar-refractivity contribution in [2.45, 2.75) is 38.3 Å². The van der Waals surface area contributed by atoms with E-state index >= 15 is 0 Å². The third kappa shape index (κ3) is 4.14. The fourth-order valence-corrected chi connectivity index (χ4v) is 2.05. The fourth-order valence-electron chi connectivity index (χ4n) is 2.05. The molecule has 0 bridgehead atoms. The van der Waals surface area contributed by atoms with Gasteiger partial charge < -0.3 is 10.6 Å². The van der Waals surface area contributed by atoms with E-state index in [1.165, 1.54) is 12.8 Å². The van der Waals surface area contributed by atoms with E-state index in [4.69, 9.17) is 0 Å². The lowest BCUT2D eigenvalue weighted by Gasteiger charge is -2.10. The number of carbonyl (C=O) groups is 1. The first-order valence-electron chi connectivity index (χ1n) is 6.19. The van der Waals surface area contributed by atoms with Crippen molar-refractivity contribution in [3.63, 3.8) is 0 Å². The maximum absolute atomic E-state index is 11.5. The number of aryl methyl sites for hydroxylation is 1. The molecule has 1 aliphatic rings. The van der Waals surface area contributed by atoms with Gasteiger partial charge in [-0.2, -0.15) is 0 Å². The van der Waals surface area contributed by atoms with E-state index < -0.39 is 0 Å². The Kier molecular flexibility index (Phi) is 4.49. The van der Waals surface area contributed by atoms with Crippen LogP contribution in [0.15, 0.2) is 12.4 Å². The van der Waals surface area contributed by atoms with Gasteiger partial charge in [-0.25, -0.2) is 0 Å². The molecule has 1 aromatic rings. The van der Waals surface area contributed by atoms with Gasteiger partial charge in [0.25, 0.3) is 0 Å². The minimum atomic E-state index is 0.0819. The van der Waals surface area contributed by atoms with Crippen molar-refractivity contribution in [2.75, 3.05) is 13.1 Å². The first-order valence-corrected chi connectivity index (χ1v) is 6.19. The van der Waals surface area contributed by atoms with E-state index in [1.807, 2.05) is 0 Å². The minimum Gasteiger partial charge on any atom is -0.356 e. The SMILES string of the molecule is O=C(CCn1ccnn1)NCC[C@H]1CCCN1. The summed E-state index contributed by atoms with van der Waals surface area (Å²) in [5, 5.41) is 13.8. The Hall–Kier alpha value is -1.43. The number of hydrogen-bond acceptors (Lipinski definition) is 4. The normalized spacial score (nSPS) is 19.4. The molecule has 1 amide bonds. The molecule has 0 radical (unpaired) electrons. The molecule has 6 nitrogen and oxygen atoms in total. The summed E-state index contributed by atoms with van der Waals surface area (Å²) in [6.07, 6.45) is 7.34. The second kappa shape index (κ2) is 6.34. The number of amides is 1. The van der Waals surface area contributed by atoms with Gasteiger partial charge in [-0.15, -0.1) is 5.10 Å². The molecular formula is C11H19N5O. The first-order chi connectivity index (χ1) is 8.34. The van der Waals surface area contributed by atoms with E-state index in [0.717, 1.165) is 19.5 Å². The molecule has 1 atom stereocenters. The largest absolute Gasteiger partial charge is 0.356 e. The lowest BCUT2D eigenvalue weighted by molar-refractivity contribution is -0.121. The third-order valence-electron chi connectivity index (χ3n) is 3.02. The summed E-state index contributed by atoms with van der Waals surface area (Å²) < 4.78 is 1.66. The van der Waals surface area contributed by atoms with Crippen LogP contribution in [0.25, 0.3) is 0 Å². The van der Waals surface area contributed by atoms with Gasteiger partial charge in [-0.3, -0.25) is 9.48 Å². The standard InChI is InChI=1S/C11H19N5O/c17-11(4-8-16-9-7-14-15-16)13-6-3-10-2-1-5-12-10/h7,9-10,12H,1-6,8H2,(H,13,17)/t10-/m1/s1. The van der Waals surface area contributed by atoms with Gasteiger partial charge in [0.2, 0.25) is 5.91 Å². The Morgan fingerprint density at radius 1 is 1.59 bits per heavy atom. The maximum Gasteiger partial charge on any atom is 0.221 e. The number of carbonyl (C=O) groups excluding carboxylic acids is 1. The van der Waals surface area contributed by atoms with Crippen LogP contribution >= 0.6 is 0 Å². The molecule has 2 rings (SSSR count). The number of nitrogens with zero attached hydrogens (tertiary/aromatic N) is 3. The Labute approximate surface area is 101 Å². The lowest BCUT2D eigenvalue weighted by Crippen LogP contribution is -2.31. The number of rotatable bonds is 6. The molecule has 0 saturated carbocycles. The van der Waals surface area contributed by atoms with Crippen molar-refractivity contribution < 1.29 is 4.79 Å². The number of aromatic nitrogens is 3. The summed E-state index contributed by atoms with van der Waals surface area (Å²) in [4.78, 5) is 11.5. The minimum absolute atomic E-state index is 0.0819. The predicted molar refractivity (Wildman–Crippen MR) is 63.3 cm³/mol. The highest BCUT2D eigenvalue weighted by Crippen LogP contribution is 2.07. The summed E-state index contributed by atoms with van der Waals surface area (Å²) in [7, 11) is 0. The zero-order chi connectivity index (χ0) is 11.9. The maximum atomic E-state index is 11.5. The summed E-state index contributed by atoms with van der Waals surface area (Å²) in [6, 6.07) is 0.589. The topological polar surface area (TPSA) is 71.8 Å². The van der Waals surface area contributed by atoms with E-state index in [0.29, 0.717) is 19.0 Å². The predicted octanol–water partition coefficient (Wildman–Crippen LogP) is -0.0735. The second-order valence-electron chi connectivity index (χ2n) is 4.35. The molecule has 1 aliphatic heterocycles. The highest BCUT2D eigenvalue weighted by atomic mass is 16.1. The van der Waals surface area contributed by atoms with Crippen LogP contribution in [-0.2, 0) is 11.3 Å². The molecule has 1 aromatic heterocycles. The third-order valence-corrected chi connectivity index (χ3v) is 3.02. The molecule has 0 unspecified atom stereocenters. The number of nitrogens with one attached hydrogen (secondary N) is 2. The Morgan fingerprint density at radius 2 is 2.53 bits per heavy atom. The van der Waals surface area contributed by atoms with Crippen molar-refractivity contribution in [3.8, 4) is 0 Å². The average molecular weight is 237 g/mol. The van der Waals surface area contributed by atoms with Crippen LogP contribution in [0.1, 0.15) is 25.7 Å². The van der Waals surface area contributed by atoms with Gasteiger partial charge in [0.05, 0.1) is 12.7 Å². The van der Waals surface area contributed by atoms with E-state index in [-0.39, 0.29) is 5.91 Å². The molecule has 17 heavy (non-hydrogen) atoms. The zero-order valence-electron chi connectivity index (χ0n) is 9.93. The summed E-state index contributed by atoms with van der Waals surface area (Å²) >= 11 is 0. The van der Waals surface area contributed by atoms with E-state index in [2.05, 4.69) is 20.9 Å². The van der Waals surface area contributed by atoms with Crippen LogP contribution in [-0.4, -0.2) is 40.0 Å². The second-order valence-corrected chi connectivity index (χ2v) is 4.35. The van der Waals surface area contributed by atoms with Crippen LogP contribution < -0.4 is 10.6 Å². The monoisotopic (exact) mass is 237 g/mol. The molecule has 0 aliphatic carbocycles. The highest BCUT2D eigenvalue weighted by Gasteiger charge is 2.13. The first kappa shape index (κ1) is 12.0. The smallest absolute Gasteiger partial charge is 0.221 e. The molecule has 2 N–H and O–H groups in total. The van der Waals surface area contributed by atoms with Crippen LogP contribution in [0, 0.1) is 0 Å². The summed E-state index contributed by atoms with van der Waals surface area (Å²) in [5.74, 6) is 0.0819. The van der Waals surface area contributed by atoms with E-state index in [1.54, 1.807) is 17.1 Å². The molecule has 6 heteroatoms. The number of hydrogen-bond donors (Lipinski definition) is 2. The highest BCUT2D eigenvalue weighted by molar-refractivity contribution is 5.75. The molecule has 1 saturated heterocycles. The van der Waals surface area contributed by atoms with Crippen LogP contribution in [0.4, 0.5) is 0 Å². The molecular weight excluding hydrogens is 218 g/mol.